The highest BCUT2D eigenvalue weighted by molar-refractivity contribution is 5.46. The van der Waals surface area contributed by atoms with Gasteiger partial charge >= 0.3 is 0 Å². The summed E-state index contributed by atoms with van der Waals surface area (Å²) >= 11 is 0. The van der Waals surface area contributed by atoms with Crippen LogP contribution in [0.4, 0.5) is 0 Å². The number of nitrogens with zero attached hydrogens (tertiary/aromatic N) is 2. The third-order valence-electron chi connectivity index (χ3n) is 5.31. The third-order valence-corrected chi connectivity index (χ3v) is 5.31. The Labute approximate surface area is 143 Å². The lowest BCUT2D eigenvalue weighted by molar-refractivity contribution is -0.100. The molecule has 4 heteroatoms. The van der Waals surface area contributed by atoms with Gasteiger partial charge in [0.15, 0.2) is 0 Å². The topological polar surface area (TPSA) is 34.6 Å². The molecule has 0 bridgehead atoms. The van der Waals surface area contributed by atoms with Crippen LogP contribution in [0.1, 0.15) is 29.7 Å². The molecule has 1 aromatic heterocycles. The van der Waals surface area contributed by atoms with E-state index in [0.29, 0.717) is 0 Å². The first-order chi connectivity index (χ1) is 11.8. The van der Waals surface area contributed by atoms with Gasteiger partial charge in [0.25, 0.3) is 0 Å². The molecule has 0 amide bonds. The van der Waals surface area contributed by atoms with Crippen molar-refractivity contribution in [3.63, 3.8) is 0 Å². The molecular formula is C20H24N2O2. The van der Waals surface area contributed by atoms with Crippen LogP contribution in [0.15, 0.2) is 42.6 Å². The summed E-state index contributed by atoms with van der Waals surface area (Å²) in [6.45, 7) is 3.76. The van der Waals surface area contributed by atoms with Crippen LogP contribution in [-0.2, 0) is 23.3 Å². The van der Waals surface area contributed by atoms with E-state index in [-0.39, 0.29) is 5.60 Å². The van der Waals surface area contributed by atoms with Gasteiger partial charge in [0.2, 0.25) is 0 Å². The minimum absolute atomic E-state index is 0.180. The van der Waals surface area contributed by atoms with Crippen molar-refractivity contribution in [1.82, 2.24) is 9.88 Å². The SMILES string of the molecule is COc1cccc2c1C1(CCN(Cc3ccccn3)CC1)OCC2. The van der Waals surface area contributed by atoms with Crippen LogP contribution < -0.4 is 4.74 Å². The van der Waals surface area contributed by atoms with Crippen molar-refractivity contribution in [3.8, 4) is 5.75 Å². The zero-order valence-electron chi connectivity index (χ0n) is 14.2. The molecule has 126 valence electrons. The first-order valence-electron chi connectivity index (χ1n) is 8.73. The summed E-state index contributed by atoms with van der Waals surface area (Å²) in [5.41, 5.74) is 3.63. The van der Waals surface area contributed by atoms with Gasteiger partial charge in [-0.1, -0.05) is 18.2 Å². The van der Waals surface area contributed by atoms with Gasteiger partial charge in [-0.15, -0.1) is 0 Å². The Hall–Kier alpha value is -1.91. The number of likely N-dealkylation sites (tertiary alicyclic amines) is 1. The average Bonchev–Trinajstić information content (AvgIpc) is 2.64. The molecule has 0 unspecified atom stereocenters. The van der Waals surface area contributed by atoms with Crippen LogP contribution in [0.25, 0.3) is 0 Å². The molecule has 4 nitrogen and oxygen atoms in total. The van der Waals surface area contributed by atoms with Crippen molar-refractivity contribution in [1.29, 1.82) is 0 Å². The number of piperidine rings is 1. The Bertz CT molecular complexity index is 680. The smallest absolute Gasteiger partial charge is 0.125 e. The van der Waals surface area contributed by atoms with E-state index in [1.54, 1.807) is 7.11 Å². The molecule has 1 saturated heterocycles. The summed E-state index contributed by atoms with van der Waals surface area (Å²) in [6.07, 6.45) is 4.86. The normalized spacial score (nSPS) is 19.9. The molecule has 0 N–H and O–H groups in total. The first kappa shape index (κ1) is 15.6. The van der Waals surface area contributed by atoms with E-state index < -0.39 is 0 Å². The van der Waals surface area contributed by atoms with Crippen molar-refractivity contribution in [2.75, 3.05) is 26.8 Å². The van der Waals surface area contributed by atoms with Gasteiger partial charge in [0.05, 0.1) is 25.0 Å². The number of aromatic nitrogens is 1. The summed E-state index contributed by atoms with van der Waals surface area (Å²) in [4.78, 5) is 6.92. The largest absolute Gasteiger partial charge is 0.496 e. The highest BCUT2D eigenvalue weighted by Gasteiger charge is 2.42. The fraction of sp³-hybridized carbons (Fsp3) is 0.450. The van der Waals surface area contributed by atoms with E-state index >= 15 is 0 Å². The van der Waals surface area contributed by atoms with Crippen LogP contribution >= 0.6 is 0 Å². The maximum absolute atomic E-state index is 6.35. The first-order valence-corrected chi connectivity index (χ1v) is 8.73. The second kappa shape index (κ2) is 6.54. The van der Waals surface area contributed by atoms with Gasteiger partial charge in [-0.2, -0.15) is 0 Å². The maximum atomic E-state index is 6.35. The summed E-state index contributed by atoms with van der Waals surface area (Å²) in [6, 6.07) is 12.5. The van der Waals surface area contributed by atoms with E-state index in [2.05, 4.69) is 40.2 Å². The molecule has 1 fully saturated rings. The minimum Gasteiger partial charge on any atom is -0.496 e. The van der Waals surface area contributed by atoms with E-state index in [4.69, 9.17) is 9.47 Å². The maximum Gasteiger partial charge on any atom is 0.125 e. The predicted octanol–water partition coefficient (Wildman–Crippen LogP) is 3.15. The number of fused-ring (bicyclic) bond motifs is 2. The minimum atomic E-state index is -0.180. The number of hydrogen-bond donors (Lipinski definition) is 0. The zero-order valence-corrected chi connectivity index (χ0v) is 14.2. The second-order valence-corrected chi connectivity index (χ2v) is 6.68. The molecule has 2 aromatic rings. The summed E-state index contributed by atoms with van der Waals surface area (Å²) < 4.78 is 12.0. The van der Waals surface area contributed by atoms with E-state index in [1.165, 1.54) is 11.1 Å². The fourth-order valence-corrected chi connectivity index (χ4v) is 4.09. The molecule has 24 heavy (non-hydrogen) atoms. The highest BCUT2D eigenvalue weighted by Crippen LogP contribution is 2.45. The molecule has 2 aliphatic heterocycles. The van der Waals surface area contributed by atoms with E-state index in [9.17, 15) is 0 Å². The van der Waals surface area contributed by atoms with E-state index in [1.807, 2.05) is 12.3 Å². The molecular weight excluding hydrogens is 300 g/mol. The van der Waals surface area contributed by atoms with Gasteiger partial charge in [-0.3, -0.25) is 9.88 Å². The number of ether oxygens (including phenoxy) is 2. The van der Waals surface area contributed by atoms with E-state index in [0.717, 1.165) is 56.9 Å². The monoisotopic (exact) mass is 324 g/mol. The fourth-order valence-electron chi connectivity index (χ4n) is 4.09. The Morgan fingerprint density at radius 2 is 2.04 bits per heavy atom. The summed E-state index contributed by atoms with van der Waals surface area (Å²) in [7, 11) is 1.76. The quantitative estimate of drug-likeness (QED) is 0.869. The van der Waals surface area contributed by atoms with Crippen molar-refractivity contribution in [2.45, 2.75) is 31.4 Å². The Morgan fingerprint density at radius 1 is 1.17 bits per heavy atom. The predicted molar refractivity (Wildman–Crippen MR) is 93.1 cm³/mol. The number of methoxy groups -OCH3 is 1. The standard InChI is InChI=1S/C20H24N2O2/c1-23-18-7-4-5-16-8-14-24-20(19(16)18)9-12-22(13-10-20)15-17-6-2-3-11-21-17/h2-7,11H,8-10,12-15H2,1H3. The van der Waals surface area contributed by atoms with Gasteiger partial charge < -0.3 is 9.47 Å². The molecule has 0 aliphatic carbocycles. The molecule has 2 aliphatic rings. The van der Waals surface area contributed by atoms with Gasteiger partial charge in [-0.05, 0) is 43.0 Å². The lowest BCUT2D eigenvalue weighted by atomic mass is 9.78. The molecule has 0 atom stereocenters. The molecule has 3 heterocycles. The van der Waals surface area contributed by atoms with Gasteiger partial charge in [0, 0.05) is 31.4 Å². The number of rotatable bonds is 3. The lowest BCUT2D eigenvalue weighted by Gasteiger charge is -2.45. The number of pyridine rings is 1. The zero-order chi connectivity index (χ0) is 16.4. The molecule has 1 spiro atoms. The number of hydrogen-bond acceptors (Lipinski definition) is 4. The lowest BCUT2D eigenvalue weighted by Crippen LogP contribution is -2.46. The van der Waals surface area contributed by atoms with Crippen LogP contribution in [0.2, 0.25) is 0 Å². The molecule has 1 aromatic carbocycles. The third kappa shape index (κ3) is 2.80. The Kier molecular flexibility index (Phi) is 4.25. The number of benzene rings is 1. The Morgan fingerprint density at radius 3 is 2.79 bits per heavy atom. The molecule has 4 rings (SSSR count). The average molecular weight is 324 g/mol. The Balaban J connectivity index is 1.53. The van der Waals surface area contributed by atoms with Crippen molar-refractivity contribution in [2.24, 2.45) is 0 Å². The molecule has 0 radical (unpaired) electrons. The van der Waals surface area contributed by atoms with Gasteiger partial charge in [0.1, 0.15) is 5.75 Å². The van der Waals surface area contributed by atoms with Gasteiger partial charge in [-0.25, -0.2) is 0 Å². The van der Waals surface area contributed by atoms with Crippen LogP contribution in [0.3, 0.4) is 0 Å². The summed E-state index contributed by atoms with van der Waals surface area (Å²) in [5, 5.41) is 0. The van der Waals surface area contributed by atoms with Crippen molar-refractivity contribution < 1.29 is 9.47 Å². The van der Waals surface area contributed by atoms with Crippen LogP contribution in [0, 0.1) is 0 Å². The van der Waals surface area contributed by atoms with Crippen molar-refractivity contribution in [3.05, 3.63) is 59.4 Å². The van der Waals surface area contributed by atoms with Crippen LogP contribution in [-0.4, -0.2) is 36.7 Å². The van der Waals surface area contributed by atoms with Crippen molar-refractivity contribution >= 4 is 0 Å². The second-order valence-electron chi connectivity index (χ2n) is 6.68. The highest BCUT2D eigenvalue weighted by atomic mass is 16.5. The van der Waals surface area contributed by atoms with Crippen LogP contribution in [0.5, 0.6) is 5.75 Å². The summed E-state index contributed by atoms with van der Waals surface area (Å²) in [5.74, 6) is 0.977. The molecule has 0 saturated carbocycles.